The molecule has 1 fully saturated rings. The summed E-state index contributed by atoms with van der Waals surface area (Å²) in [5.41, 5.74) is 1.83. The van der Waals surface area contributed by atoms with Gasteiger partial charge in [0.1, 0.15) is 18.5 Å². The highest BCUT2D eigenvalue weighted by molar-refractivity contribution is 8.28. The average Bonchev–Trinajstić information content (AvgIpc) is 3.19. The SMILES string of the molecule is COc1cc(S(C)(C)O)ccc1NCC#Cc1cc2c(N[C@H]3CCN(C)C[C@H]3F)cccc2n1CC(F)(F)F. The van der Waals surface area contributed by atoms with Gasteiger partial charge in [0.05, 0.1) is 36.6 Å². The molecule has 4 rings (SSSR count). The number of fused-ring (bicyclic) bond motifs is 1. The van der Waals surface area contributed by atoms with Gasteiger partial charge in [-0.1, -0.05) is 12.0 Å². The quantitative estimate of drug-likeness (QED) is 0.241. The zero-order chi connectivity index (χ0) is 28.4. The number of anilines is 2. The Morgan fingerprint density at radius 1 is 1.15 bits per heavy atom. The molecule has 212 valence electrons. The molecule has 3 aromatic rings. The maximum Gasteiger partial charge on any atom is 0.406 e. The van der Waals surface area contributed by atoms with Crippen molar-refractivity contribution in [2.45, 2.75) is 36.3 Å². The van der Waals surface area contributed by atoms with E-state index in [0.717, 1.165) is 16.0 Å². The normalized spacial score (nSPS) is 18.9. The third-order valence-corrected chi connectivity index (χ3v) is 8.11. The third kappa shape index (κ3) is 7.12. The van der Waals surface area contributed by atoms with Gasteiger partial charge in [-0.05, 0) is 68.3 Å². The van der Waals surface area contributed by atoms with Crippen LogP contribution in [0, 0.1) is 11.8 Å². The summed E-state index contributed by atoms with van der Waals surface area (Å²) in [5, 5.41) is 6.92. The predicted octanol–water partition coefficient (Wildman–Crippen LogP) is 6.03. The summed E-state index contributed by atoms with van der Waals surface area (Å²) in [6.07, 6.45) is -1.43. The zero-order valence-electron chi connectivity index (χ0n) is 22.4. The Labute approximate surface area is 227 Å². The molecule has 3 N–H and O–H groups in total. The van der Waals surface area contributed by atoms with E-state index in [9.17, 15) is 22.1 Å². The largest absolute Gasteiger partial charge is 0.495 e. The van der Waals surface area contributed by atoms with Crippen molar-refractivity contribution < 1.29 is 26.9 Å². The van der Waals surface area contributed by atoms with E-state index in [1.54, 1.807) is 55.0 Å². The summed E-state index contributed by atoms with van der Waals surface area (Å²) in [6, 6.07) is 11.6. The highest BCUT2D eigenvalue weighted by Gasteiger charge is 2.31. The number of halogens is 4. The first-order valence-electron chi connectivity index (χ1n) is 12.5. The van der Waals surface area contributed by atoms with E-state index in [1.807, 2.05) is 11.9 Å². The van der Waals surface area contributed by atoms with Gasteiger partial charge in [-0.25, -0.2) is 4.39 Å². The molecule has 0 spiro atoms. The number of aromatic nitrogens is 1. The number of hydrogen-bond acceptors (Lipinski definition) is 5. The molecule has 0 bridgehead atoms. The smallest absolute Gasteiger partial charge is 0.406 e. The monoisotopic (exact) mass is 566 g/mol. The fourth-order valence-electron chi connectivity index (χ4n) is 4.68. The topological polar surface area (TPSA) is 61.7 Å². The van der Waals surface area contributed by atoms with Gasteiger partial charge >= 0.3 is 6.18 Å². The number of alkyl halides is 4. The third-order valence-electron chi connectivity index (χ3n) is 6.70. The van der Waals surface area contributed by atoms with Crippen LogP contribution < -0.4 is 15.4 Å². The maximum atomic E-state index is 14.7. The lowest BCUT2D eigenvalue weighted by Gasteiger charge is -2.33. The van der Waals surface area contributed by atoms with Crippen LogP contribution in [0.1, 0.15) is 12.1 Å². The van der Waals surface area contributed by atoms with Gasteiger partial charge in [-0.15, -0.1) is 10.3 Å². The molecular weight excluding hydrogens is 532 g/mol. The number of benzene rings is 2. The molecular formula is C28H34F4N4O2S. The van der Waals surface area contributed by atoms with Crippen LogP contribution >= 0.6 is 10.3 Å². The number of piperidine rings is 1. The van der Waals surface area contributed by atoms with E-state index in [0.29, 0.717) is 41.0 Å². The Morgan fingerprint density at radius 2 is 1.92 bits per heavy atom. The van der Waals surface area contributed by atoms with E-state index >= 15 is 0 Å². The van der Waals surface area contributed by atoms with Gasteiger partial charge in [-0.3, -0.25) is 0 Å². The fraction of sp³-hybridized carbons (Fsp3) is 0.429. The Morgan fingerprint density at radius 3 is 2.59 bits per heavy atom. The summed E-state index contributed by atoms with van der Waals surface area (Å²) < 4.78 is 72.1. The number of nitrogens with zero attached hydrogens (tertiary/aromatic N) is 2. The zero-order valence-corrected chi connectivity index (χ0v) is 23.2. The summed E-state index contributed by atoms with van der Waals surface area (Å²) in [6.45, 7) is 0.00692. The number of rotatable bonds is 7. The molecule has 0 amide bonds. The second kappa shape index (κ2) is 11.6. The highest BCUT2D eigenvalue weighted by Crippen LogP contribution is 2.46. The molecule has 2 heterocycles. The maximum absolute atomic E-state index is 14.7. The predicted molar refractivity (Wildman–Crippen MR) is 151 cm³/mol. The van der Waals surface area contributed by atoms with Crippen molar-refractivity contribution >= 4 is 32.6 Å². The van der Waals surface area contributed by atoms with E-state index in [-0.39, 0.29) is 12.2 Å². The lowest BCUT2D eigenvalue weighted by atomic mass is 10.0. The first-order valence-corrected chi connectivity index (χ1v) is 14.9. The lowest BCUT2D eigenvalue weighted by molar-refractivity contribution is -0.140. The molecule has 2 aromatic carbocycles. The Balaban J connectivity index is 1.60. The number of ether oxygens (including phenoxy) is 1. The van der Waals surface area contributed by atoms with Crippen LogP contribution in [0.3, 0.4) is 0 Å². The molecule has 11 heteroatoms. The van der Waals surface area contributed by atoms with Crippen LogP contribution in [0.2, 0.25) is 0 Å². The van der Waals surface area contributed by atoms with Crippen molar-refractivity contribution in [3.63, 3.8) is 0 Å². The van der Waals surface area contributed by atoms with Gasteiger partial charge in [-0.2, -0.15) is 13.2 Å². The molecule has 6 nitrogen and oxygen atoms in total. The van der Waals surface area contributed by atoms with E-state index < -0.39 is 35.2 Å². The van der Waals surface area contributed by atoms with Crippen LogP contribution in [0.25, 0.3) is 10.9 Å². The number of methoxy groups -OCH3 is 1. The first kappa shape index (κ1) is 28.9. The van der Waals surface area contributed by atoms with Crippen LogP contribution in [0.5, 0.6) is 5.75 Å². The van der Waals surface area contributed by atoms with Crippen molar-refractivity contribution in [3.8, 4) is 17.6 Å². The highest BCUT2D eigenvalue weighted by atomic mass is 32.3. The standard InChI is InChI=1S/C28H34F4N4O2S/c1-35-14-12-24(22(29)17-35)34-23-8-5-9-26-21(23)15-19(36(26)18-28(30,31)32)7-6-13-33-25-11-10-20(39(3,4)37)16-27(25)38-2/h5,8-11,15-16,22,24,33-34,37H,12-14,17-18H2,1-4H3/t22-,24+/m1/s1. The molecule has 0 unspecified atom stereocenters. The van der Waals surface area contributed by atoms with Crippen LogP contribution in [-0.4, -0.2) is 78.7 Å². The van der Waals surface area contributed by atoms with E-state index in [4.69, 9.17) is 4.74 Å². The minimum Gasteiger partial charge on any atom is -0.495 e. The summed E-state index contributed by atoms with van der Waals surface area (Å²) in [7, 11) is 1.46. The number of nitrogens with one attached hydrogen (secondary N) is 2. The Hall–Kier alpha value is -3.07. The summed E-state index contributed by atoms with van der Waals surface area (Å²) >= 11 is 0. The van der Waals surface area contributed by atoms with Crippen molar-refractivity contribution in [1.29, 1.82) is 0 Å². The number of hydrogen-bond donors (Lipinski definition) is 3. The molecule has 39 heavy (non-hydrogen) atoms. The van der Waals surface area contributed by atoms with Gasteiger partial charge in [0, 0.05) is 29.1 Å². The first-order chi connectivity index (χ1) is 18.4. The fourth-order valence-corrected chi connectivity index (χ4v) is 5.48. The van der Waals surface area contributed by atoms with Gasteiger partial charge in [0.2, 0.25) is 0 Å². The van der Waals surface area contributed by atoms with Crippen molar-refractivity contribution in [2.24, 2.45) is 0 Å². The lowest BCUT2D eigenvalue weighted by Crippen LogP contribution is -2.46. The molecule has 0 radical (unpaired) electrons. The minimum atomic E-state index is -4.44. The van der Waals surface area contributed by atoms with Gasteiger partial charge in [0.25, 0.3) is 0 Å². The molecule has 1 aliphatic heterocycles. The van der Waals surface area contributed by atoms with Crippen molar-refractivity contribution in [3.05, 3.63) is 48.2 Å². The average molecular weight is 567 g/mol. The van der Waals surface area contributed by atoms with Crippen LogP contribution in [0.15, 0.2) is 47.4 Å². The molecule has 0 saturated carbocycles. The molecule has 1 aromatic heterocycles. The van der Waals surface area contributed by atoms with E-state index in [2.05, 4.69) is 22.5 Å². The summed E-state index contributed by atoms with van der Waals surface area (Å²) in [5.74, 6) is 6.32. The second-order valence-electron chi connectivity index (χ2n) is 10.1. The van der Waals surface area contributed by atoms with Crippen LogP contribution in [-0.2, 0) is 6.54 Å². The molecule has 2 atom stereocenters. The van der Waals surface area contributed by atoms with E-state index in [1.165, 1.54) is 7.11 Å². The Bertz CT molecular complexity index is 1370. The second-order valence-corrected chi connectivity index (χ2v) is 13.1. The molecule has 1 saturated heterocycles. The van der Waals surface area contributed by atoms with Crippen molar-refractivity contribution in [1.82, 2.24) is 9.47 Å². The number of likely N-dealkylation sites (tertiary alicyclic amines) is 1. The van der Waals surface area contributed by atoms with Crippen LogP contribution in [0.4, 0.5) is 28.9 Å². The minimum absolute atomic E-state index is 0.156. The van der Waals surface area contributed by atoms with Crippen molar-refractivity contribution in [2.75, 3.05) is 56.9 Å². The molecule has 1 aliphatic rings. The Kier molecular flexibility index (Phi) is 8.59. The van der Waals surface area contributed by atoms with Gasteiger partial charge in [0.15, 0.2) is 0 Å². The molecule has 0 aliphatic carbocycles. The summed E-state index contributed by atoms with van der Waals surface area (Å²) in [4.78, 5) is 2.68. The van der Waals surface area contributed by atoms with Gasteiger partial charge < -0.3 is 29.4 Å².